The van der Waals surface area contributed by atoms with Gasteiger partial charge in [-0.2, -0.15) is 13.2 Å². The van der Waals surface area contributed by atoms with Crippen molar-refractivity contribution in [1.29, 1.82) is 0 Å². The number of nitrogens with two attached hydrogens (primary N) is 1. The van der Waals surface area contributed by atoms with Gasteiger partial charge in [-0.3, -0.25) is 4.90 Å². The number of hydrogen-bond donors (Lipinski definition) is 1. The van der Waals surface area contributed by atoms with E-state index in [-0.39, 0.29) is 12.6 Å². The first-order valence-corrected chi connectivity index (χ1v) is 6.49. The van der Waals surface area contributed by atoms with Crippen LogP contribution in [-0.2, 0) is 4.74 Å². The van der Waals surface area contributed by atoms with Crippen molar-refractivity contribution >= 4 is 17.2 Å². The maximum absolute atomic E-state index is 11.8. The molecule has 1 aliphatic rings. The van der Waals surface area contributed by atoms with Crippen LogP contribution in [0.3, 0.4) is 0 Å². The van der Waals surface area contributed by atoms with E-state index in [2.05, 4.69) is 9.64 Å². The summed E-state index contributed by atoms with van der Waals surface area (Å²) in [5.74, 6) is 0. The number of ether oxygens (including phenoxy) is 1. The number of hydrogen-bond acceptors (Lipinski definition) is 3. The van der Waals surface area contributed by atoms with E-state index in [0.717, 1.165) is 25.8 Å². The summed E-state index contributed by atoms with van der Waals surface area (Å²) in [5, 5.41) is 0. The first-order valence-electron chi connectivity index (χ1n) is 6.08. The number of thiocarbonyl (C=S) groups is 1. The SMILES string of the molecule is NC(=S)C1CCCCN1CCCOCC(F)(F)F. The van der Waals surface area contributed by atoms with Crippen LogP contribution in [0.2, 0.25) is 0 Å². The maximum atomic E-state index is 11.8. The lowest BCUT2D eigenvalue weighted by Gasteiger charge is -2.34. The van der Waals surface area contributed by atoms with Crippen molar-refractivity contribution in [3.05, 3.63) is 0 Å². The zero-order valence-corrected chi connectivity index (χ0v) is 11.0. The second-order valence-electron chi connectivity index (χ2n) is 4.47. The highest BCUT2D eigenvalue weighted by Crippen LogP contribution is 2.18. The van der Waals surface area contributed by atoms with E-state index in [0.29, 0.717) is 18.0 Å². The third-order valence-electron chi connectivity index (χ3n) is 2.94. The molecule has 7 heteroatoms. The number of nitrogens with zero attached hydrogens (tertiary/aromatic N) is 1. The standard InChI is InChI=1S/C11H19F3N2OS/c12-11(13,14)8-17-7-3-6-16-5-2-1-4-9(16)10(15)18/h9H,1-8H2,(H2,15,18). The number of piperidine rings is 1. The molecule has 0 aliphatic carbocycles. The molecule has 1 saturated heterocycles. The van der Waals surface area contributed by atoms with Crippen molar-refractivity contribution in [1.82, 2.24) is 4.90 Å². The highest BCUT2D eigenvalue weighted by molar-refractivity contribution is 7.80. The maximum Gasteiger partial charge on any atom is 0.411 e. The average Bonchev–Trinajstić information content (AvgIpc) is 2.27. The Hall–Kier alpha value is -0.400. The summed E-state index contributed by atoms with van der Waals surface area (Å²) in [5.41, 5.74) is 5.65. The normalized spacial score (nSPS) is 22.1. The van der Waals surface area contributed by atoms with E-state index in [1.54, 1.807) is 0 Å². The fraction of sp³-hybridized carbons (Fsp3) is 0.909. The van der Waals surface area contributed by atoms with Crippen LogP contribution in [0.15, 0.2) is 0 Å². The Balaban J connectivity index is 2.19. The van der Waals surface area contributed by atoms with Gasteiger partial charge in [-0.05, 0) is 25.8 Å². The minimum atomic E-state index is -4.24. The number of likely N-dealkylation sites (tertiary alicyclic amines) is 1. The van der Waals surface area contributed by atoms with Gasteiger partial charge in [0.1, 0.15) is 6.61 Å². The predicted molar refractivity (Wildman–Crippen MR) is 67.5 cm³/mol. The molecular weight excluding hydrogens is 265 g/mol. The van der Waals surface area contributed by atoms with Crippen molar-refractivity contribution in [3.8, 4) is 0 Å². The van der Waals surface area contributed by atoms with Crippen molar-refractivity contribution in [2.45, 2.75) is 37.9 Å². The lowest BCUT2D eigenvalue weighted by atomic mass is 10.0. The zero-order valence-electron chi connectivity index (χ0n) is 10.2. The quantitative estimate of drug-likeness (QED) is 0.599. The van der Waals surface area contributed by atoms with E-state index in [1.807, 2.05) is 0 Å². The molecule has 0 saturated carbocycles. The Bertz CT molecular complexity index is 274. The minimum absolute atomic E-state index is 0.0939. The van der Waals surface area contributed by atoms with Crippen LogP contribution in [0, 0.1) is 0 Å². The highest BCUT2D eigenvalue weighted by atomic mass is 32.1. The van der Waals surface area contributed by atoms with Gasteiger partial charge in [0.05, 0.1) is 11.0 Å². The molecule has 1 heterocycles. The summed E-state index contributed by atoms with van der Waals surface area (Å²) >= 11 is 5.00. The van der Waals surface area contributed by atoms with Gasteiger partial charge in [-0.25, -0.2) is 0 Å². The molecule has 0 aromatic heterocycles. The van der Waals surface area contributed by atoms with Gasteiger partial charge in [0.15, 0.2) is 0 Å². The predicted octanol–water partition coefficient (Wildman–Crippen LogP) is 2.10. The largest absolute Gasteiger partial charge is 0.411 e. The van der Waals surface area contributed by atoms with Crippen LogP contribution in [0.5, 0.6) is 0 Å². The molecule has 0 amide bonds. The van der Waals surface area contributed by atoms with E-state index in [9.17, 15) is 13.2 Å². The Morgan fingerprint density at radius 3 is 2.72 bits per heavy atom. The molecule has 1 rings (SSSR count). The van der Waals surface area contributed by atoms with E-state index in [4.69, 9.17) is 18.0 Å². The van der Waals surface area contributed by atoms with Crippen LogP contribution in [0.25, 0.3) is 0 Å². The monoisotopic (exact) mass is 284 g/mol. The first-order chi connectivity index (χ1) is 8.40. The lowest BCUT2D eigenvalue weighted by Crippen LogP contribution is -2.47. The summed E-state index contributed by atoms with van der Waals surface area (Å²) in [6.45, 7) is 0.521. The van der Waals surface area contributed by atoms with Crippen LogP contribution in [0.4, 0.5) is 13.2 Å². The molecule has 106 valence electrons. The van der Waals surface area contributed by atoms with E-state index >= 15 is 0 Å². The Morgan fingerprint density at radius 2 is 2.11 bits per heavy atom. The molecule has 1 aliphatic heterocycles. The molecule has 3 nitrogen and oxygen atoms in total. The van der Waals surface area contributed by atoms with Crippen LogP contribution in [-0.4, -0.2) is 48.4 Å². The van der Waals surface area contributed by atoms with E-state index < -0.39 is 12.8 Å². The summed E-state index contributed by atoms with van der Waals surface area (Å²) < 4.78 is 40.1. The third kappa shape index (κ3) is 5.97. The molecule has 0 radical (unpaired) electrons. The van der Waals surface area contributed by atoms with Gasteiger partial charge in [0.2, 0.25) is 0 Å². The number of alkyl halides is 3. The minimum Gasteiger partial charge on any atom is -0.392 e. The van der Waals surface area contributed by atoms with Gasteiger partial charge in [0.25, 0.3) is 0 Å². The second kappa shape index (κ2) is 7.25. The van der Waals surface area contributed by atoms with Gasteiger partial charge in [-0.1, -0.05) is 18.6 Å². The summed E-state index contributed by atoms with van der Waals surface area (Å²) in [6, 6.07) is 0.0939. The topological polar surface area (TPSA) is 38.5 Å². The van der Waals surface area contributed by atoms with Gasteiger partial charge in [0, 0.05) is 13.2 Å². The molecule has 18 heavy (non-hydrogen) atoms. The zero-order chi connectivity index (χ0) is 13.6. The first kappa shape index (κ1) is 15.7. The average molecular weight is 284 g/mol. The molecule has 0 aromatic rings. The number of halogens is 3. The number of rotatable bonds is 6. The molecule has 1 fully saturated rings. The van der Waals surface area contributed by atoms with Gasteiger partial charge in [-0.15, -0.1) is 0 Å². The summed E-state index contributed by atoms with van der Waals surface area (Å²) in [6.07, 6.45) is -0.550. The van der Waals surface area contributed by atoms with E-state index in [1.165, 1.54) is 0 Å². The molecule has 1 unspecified atom stereocenters. The smallest absolute Gasteiger partial charge is 0.392 e. The van der Waals surface area contributed by atoms with Crippen molar-refractivity contribution in [3.63, 3.8) is 0 Å². The van der Waals surface area contributed by atoms with Crippen molar-refractivity contribution < 1.29 is 17.9 Å². The third-order valence-corrected chi connectivity index (χ3v) is 3.21. The van der Waals surface area contributed by atoms with Crippen LogP contribution < -0.4 is 5.73 Å². The molecule has 0 spiro atoms. The fourth-order valence-corrected chi connectivity index (χ4v) is 2.41. The lowest BCUT2D eigenvalue weighted by molar-refractivity contribution is -0.174. The summed E-state index contributed by atoms with van der Waals surface area (Å²) in [4.78, 5) is 2.62. The Morgan fingerprint density at radius 1 is 1.39 bits per heavy atom. The second-order valence-corrected chi connectivity index (χ2v) is 4.94. The van der Waals surface area contributed by atoms with Gasteiger partial charge >= 0.3 is 6.18 Å². The molecule has 0 aromatic carbocycles. The molecule has 2 N–H and O–H groups in total. The Kier molecular flexibility index (Phi) is 6.31. The van der Waals surface area contributed by atoms with Crippen molar-refractivity contribution in [2.24, 2.45) is 5.73 Å². The molecule has 0 bridgehead atoms. The Labute approximate surface area is 110 Å². The van der Waals surface area contributed by atoms with Crippen molar-refractivity contribution in [2.75, 3.05) is 26.3 Å². The van der Waals surface area contributed by atoms with Crippen LogP contribution in [0.1, 0.15) is 25.7 Å². The molecule has 1 atom stereocenters. The molecular formula is C11H19F3N2OS. The summed E-state index contributed by atoms with van der Waals surface area (Å²) in [7, 11) is 0. The fourth-order valence-electron chi connectivity index (χ4n) is 2.14. The highest BCUT2D eigenvalue weighted by Gasteiger charge is 2.27. The van der Waals surface area contributed by atoms with Crippen LogP contribution >= 0.6 is 12.2 Å². The van der Waals surface area contributed by atoms with Gasteiger partial charge < -0.3 is 10.5 Å².